The van der Waals surface area contributed by atoms with Crippen LogP contribution in [0.25, 0.3) is 0 Å². The van der Waals surface area contributed by atoms with Gasteiger partial charge in [-0.05, 0) is 29.8 Å². The highest BCUT2D eigenvalue weighted by Crippen LogP contribution is 2.18. The standard InChI is InChI=1S/C16H18N2O3/c17-8-9-18-14-2-1-3-15(10-14)21-11-12-4-6-13(7-5-12)16(19)20/h1-7,10,18H,8-9,11,17H2,(H,19,20). The van der Waals surface area contributed by atoms with Crippen molar-refractivity contribution in [3.05, 3.63) is 59.7 Å². The fourth-order valence-electron chi connectivity index (χ4n) is 1.82. The molecular weight excluding hydrogens is 268 g/mol. The number of nitrogens with one attached hydrogen (secondary N) is 1. The normalized spacial score (nSPS) is 10.1. The van der Waals surface area contributed by atoms with E-state index < -0.39 is 5.97 Å². The van der Waals surface area contributed by atoms with Crippen LogP contribution in [0.1, 0.15) is 15.9 Å². The molecule has 0 aromatic heterocycles. The van der Waals surface area contributed by atoms with Crippen LogP contribution in [-0.2, 0) is 6.61 Å². The number of benzene rings is 2. The molecule has 0 aliphatic rings. The number of aromatic carboxylic acids is 1. The third-order valence-electron chi connectivity index (χ3n) is 2.91. The van der Waals surface area contributed by atoms with Gasteiger partial charge in [0.15, 0.2) is 0 Å². The number of carbonyl (C=O) groups is 1. The molecule has 0 saturated heterocycles. The molecule has 21 heavy (non-hydrogen) atoms. The van der Waals surface area contributed by atoms with Crippen molar-refractivity contribution in [2.75, 3.05) is 18.4 Å². The molecule has 4 N–H and O–H groups in total. The predicted molar refractivity (Wildman–Crippen MR) is 81.7 cm³/mol. The Bertz CT molecular complexity index is 597. The lowest BCUT2D eigenvalue weighted by atomic mass is 10.1. The zero-order chi connectivity index (χ0) is 15.1. The number of hydrogen-bond donors (Lipinski definition) is 3. The van der Waals surface area contributed by atoms with Crippen molar-refractivity contribution in [3.8, 4) is 5.75 Å². The van der Waals surface area contributed by atoms with Crippen LogP contribution in [0, 0.1) is 0 Å². The highest BCUT2D eigenvalue weighted by atomic mass is 16.5. The van der Waals surface area contributed by atoms with Crippen molar-refractivity contribution in [2.24, 2.45) is 5.73 Å². The summed E-state index contributed by atoms with van der Waals surface area (Å²) in [5, 5.41) is 12.0. The summed E-state index contributed by atoms with van der Waals surface area (Å²) in [5.74, 6) is -0.180. The monoisotopic (exact) mass is 286 g/mol. The Balaban J connectivity index is 1.94. The van der Waals surface area contributed by atoms with Crippen molar-refractivity contribution >= 4 is 11.7 Å². The summed E-state index contributed by atoms with van der Waals surface area (Å²) in [5.41, 5.74) is 7.59. The maximum Gasteiger partial charge on any atom is 0.335 e. The second-order valence-electron chi connectivity index (χ2n) is 4.53. The number of carboxylic acids is 1. The van der Waals surface area contributed by atoms with Crippen molar-refractivity contribution in [3.63, 3.8) is 0 Å². The van der Waals surface area contributed by atoms with E-state index in [-0.39, 0.29) is 5.56 Å². The van der Waals surface area contributed by atoms with E-state index in [0.29, 0.717) is 19.7 Å². The van der Waals surface area contributed by atoms with Gasteiger partial charge in [-0.15, -0.1) is 0 Å². The molecule has 2 rings (SSSR count). The zero-order valence-corrected chi connectivity index (χ0v) is 11.6. The van der Waals surface area contributed by atoms with Gasteiger partial charge in [-0.1, -0.05) is 18.2 Å². The molecule has 2 aromatic carbocycles. The van der Waals surface area contributed by atoms with Crippen LogP contribution in [0.3, 0.4) is 0 Å². The first kappa shape index (κ1) is 14.9. The molecule has 0 fully saturated rings. The highest BCUT2D eigenvalue weighted by Gasteiger charge is 2.02. The van der Waals surface area contributed by atoms with E-state index in [1.807, 2.05) is 24.3 Å². The topological polar surface area (TPSA) is 84.6 Å². The second kappa shape index (κ2) is 7.31. The summed E-state index contributed by atoms with van der Waals surface area (Å²) in [6.45, 7) is 1.67. The SMILES string of the molecule is NCCNc1cccc(OCc2ccc(C(=O)O)cc2)c1. The number of carboxylic acid groups (broad SMARTS) is 1. The van der Waals surface area contributed by atoms with E-state index in [1.54, 1.807) is 24.3 Å². The first-order chi connectivity index (χ1) is 10.2. The number of ether oxygens (including phenoxy) is 1. The molecule has 0 radical (unpaired) electrons. The average molecular weight is 286 g/mol. The lowest BCUT2D eigenvalue weighted by Gasteiger charge is -2.09. The van der Waals surface area contributed by atoms with Gasteiger partial charge < -0.3 is 20.9 Å². The van der Waals surface area contributed by atoms with Gasteiger partial charge in [0.1, 0.15) is 12.4 Å². The Hall–Kier alpha value is -2.53. The summed E-state index contributed by atoms with van der Waals surface area (Å²) in [6.07, 6.45) is 0. The first-order valence-corrected chi connectivity index (χ1v) is 6.68. The number of nitrogens with two attached hydrogens (primary N) is 1. The molecule has 0 spiro atoms. The van der Waals surface area contributed by atoms with E-state index in [4.69, 9.17) is 15.6 Å². The second-order valence-corrected chi connectivity index (χ2v) is 4.53. The Labute approximate surface area is 123 Å². The van der Waals surface area contributed by atoms with Crippen molar-refractivity contribution in [1.82, 2.24) is 0 Å². The molecule has 0 aliphatic heterocycles. The van der Waals surface area contributed by atoms with Crippen LogP contribution in [0.4, 0.5) is 5.69 Å². The van der Waals surface area contributed by atoms with E-state index in [1.165, 1.54) is 0 Å². The summed E-state index contributed by atoms with van der Waals surface area (Å²) in [4.78, 5) is 10.8. The van der Waals surface area contributed by atoms with Gasteiger partial charge in [0.25, 0.3) is 0 Å². The number of anilines is 1. The van der Waals surface area contributed by atoms with E-state index in [0.717, 1.165) is 17.0 Å². The Morgan fingerprint density at radius 3 is 2.62 bits per heavy atom. The molecule has 0 aliphatic carbocycles. The van der Waals surface area contributed by atoms with Crippen LogP contribution in [0.5, 0.6) is 5.75 Å². The molecule has 0 heterocycles. The third kappa shape index (κ3) is 4.50. The van der Waals surface area contributed by atoms with E-state index in [9.17, 15) is 4.79 Å². The molecule has 0 bridgehead atoms. The van der Waals surface area contributed by atoms with Crippen molar-refractivity contribution < 1.29 is 14.6 Å². The quantitative estimate of drug-likeness (QED) is 0.727. The van der Waals surface area contributed by atoms with Crippen LogP contribution in [0.15, 0.2) is 48.5 Å². The molecule has 5 nitrogen and oxygen atoms in total. The van der Waals surface area contributed by atoms with Crippen LogP contribution in [0.2, 0.25) is 0 Å². The molecule has 0 unspecified atom stereocenters. The average Bonchev–Trinajstić information content (AvgIpc) is 2.52. The fourth-order valence-corrected chi connectivity index (χ4v) is 1.82. The Morgan fingerprint density at radius 2 is 1.95 bits per heavy atom. The third-order valence-corrected chi connectivity index (χ3v) is 2.91. The molecular formula is C16H18N2O3. The van der Waals surface area contributed by atoms with Gasteiger partial charge in [0, 0.05) is 24.8 Å². The van der Waals surface area contributed by atoms with Gasteiger partial charge >= 0.3 is 5.97 Å². The number of hydrogen-bond acceptors (Lipinski definition) is 4. The van der Waals surface area contributed by atoms with Crippen LogP contribution < -0.4 is 15.8 Å². The molecule has 0 amide bonds. The minimum Gasteiger partial charge on any atom is -0.489 e. The van der Waals surface area contributed by atoms with Gasteiger partial charge in [-0.2, -0.15) is 0 Å². The summed E-state index contributed by atoms with van der Waals surface area (Å²) in [7, 11) is 0. The lowest BCUT2D eigenvalue weighted by molar-refractivity contribution is 0.0697. The van der Waals surface area contributed by atoms with Gasteiger partial charge in [0.05, 0.1) is 5.56 Å². The Morgan fingerprint density at radius 1 is 1.19 bits per heavy atom. The van der Waals surface area contributed by atoms with Gasteiger partial charge in [0.2, 0.25) is 0 Å². The minimum atomic E-state index is -0.929. The van der Waals surface area contributed by atoms with Gasteiger partial charge in [-0.25, -0.2) is 4.79 Å². The van der Waals surface area contributed by atoms with Crippen LogP contribution >= 0.6 is 0 Å². The fraction of sp³-hybridized carbons (Fsp3) is 0.188. The van der Waals surface area contributed by atoms with Gasteiger partial charge in [-0.3, -0.25) is 0 Å². The summed E-state index contributed by atoms with van der Waals surface area (Å²) >= 11 is 0. The molecule has 5 heteroatoms. The van der Waals surface area contributed by atoms with E-state index >= 15 is 0 Å². The predicted octanol–water partition coefficient (Wildman–Crippen LogP) is 2.33. The van der Waals surface area contributed by atoms with Crippen molar-refractivity contribution in [1.29, 1.82) is 0 Å². The maximum atomic E-state index is 10.8. The largest absolute Gasteiger partial charge is 0.489 e. The first-order valence-electron chi connectivity index (χ1n) is 6.68. The van der Waals surface area contributed by atoms with Crippen molar-refractivity contribution in [2.45, 2.75) is 6.61 Å². The van der Waals surface area contributed by atoms with Crippen LogP contribution in [-0.4, -0.2) is 24.2 Å². The molecule has 110 valence electrons. The summed E-state index contributed by atoms with van der Waals surface area (Å²) < 4.78 is 5.69. The molecule has 0 saturated carbocycles. The lowest BCUT2D eigenvalue weighted by Crippen LogP contribution is -2.12. The Kier molecular flexibility index (Phi) is 5.17. The summed E-state index contributed by atoms with van der Waals surface area (Å²) in [6, 6.07) is 14.3. The van der Waals surface area contributed by atoms with E-state index in [2.05, 4.69) is 5.32 Å². The minimum absolute atomic E-state index is 0.270. The number of rotatable bonds is 7. The zero-order valence-electron chi connectivity index (χ0n) is 11.6. The highest BCUT2D eigenvalue weighted by molar-refractivity contribution is 5.87. The molecule has 0 atom stereocenters. The molecule has 2 aromatic rings. The smallest absolute Gasteiger partial charge is 0.335 e. The maximum absolute atomic E-state index is 10.8.